The quantitative estimate of drug-likeness (QED) is 0.688. The first-order chi connectivity index (χ1) is 9.89. The molecule has 0 saturated heterocycles. The van der Waals surface area contributed by atoms with Gasteiger partial charge in [0.2, 0.25) is 5.91 Å². The Kier molecular flexibility index (Phi) is 6.62. The van der Waals surface area contributed by atoms with E-state index in [0.29, 0.717) is 25.3 Å². The number of ether oxygens (including phenoxy) is 1. The van der Waals surface area contributed by atoms with Gasteiger partial charge in [0.25, 0.3) is 0 Å². The van der Waals surface area contributed by atoms with Gasteiger partial charge in [0.05, 0.1) is 12.1 Å². The van der Waals surface area contributed by atoms with Crippen LogP contribution < -0.4 is 15.8 Å². The van der Waals surface area contributed by atoms with E-state index in [2.05, 4.69) is 5.32 Å². The number of unbranched alkanes of at least 4 members (excludes halogenated alkanes) is 1. The Morgan fingerprint density at radius 3 is 2.71 bits per heavy atom. The largest absolute Gasteiger partial charge is 0.493 e. The van der Waals surface area contributed by atoms with Gasteiger partial charge in [-0.3, -0.25) is 4.79 Å². The smallest absolute Gasteiger partial charge is 0.237 e. The number of hydrogen-bond donors (Lipinski definition) is 2. The molecule has 0 aliphatic rings. The Hall–Kier alpha value is -1.62. The highest BCUT2D eigenvalue weighted by molar-refractivity contribution is 5.84. The predicted molar refractivity (Wildman–Crippen MR) is 81.8 cm³/mol. The monoisotopic (exact) mass is 296 g/mol. The molecule has 1 atom stereocenters. The zero-order chi connectivity index (χ0) is 15.9. The van der Waals surface area contributed by atoms with Crippen molar-refractivity contribution in [2.24, 2.45) is 5.73 Å². The second kappa shape index (κ2) is 7.98. The van der Waals surface area contributed by atoms with Crippen molar-refractivity contribution in [2.75, 3.05) is 13.2 Å². The number of amides is 1. The molecule has 0 heterocycles. The van der Waals surface area contributed by atoms with Gasteiger partial charge in [-0.25, -0.2) is 4.39 Å². The van der Waals surface area contributed by atoms with Gasteiger partial charge in [-0.15, -0.1) is 0 Å². The van der Waals surface area contributed by atoms with Gasteiger partial charge < -0.3 is 15.8 Å². The van der Waals surface area contributed by atoms with E-state index in [1.165, 1.54) is 12.1 Å². The first kappa shape index (κ1) is 17.4. The average Bonchev–Trinajstić information content (AvgIpc) is 2.40. The number of primary amides is 1. The first-order valence-electron chi connectivity index (χ1n) is 7.33. The third-order valence-corrected chi connectivity index (χ3v) is 3.58. The molecule has 3 N–H and O–H groups in total. The number of nitrogens with two attached hydrogens (primary N) is 1. The fourth-order valence-electron chi connectivity index (χ4n) is 2.23. The van der Waals surface area contributed by atoms with Crippen LogP contribution in [0.15, 0.2) is 18.2 Å². The fraction of sp³-hybridized carbons (Fsp3) is 0.562. The van der Waals surface area contributed by atoms with Crippen molar-refractivity contribution < 1.29 is 13.9 Å². The number of halogens is 1. The Morgan fingerprint density at radius 1 is 1.43 bits per heavy atom. The lowest BCUT2D eigenvalue weighted by Crippen LogP contribution is -2.53. The summed E-state index contributed by atoms with van der Waals surface area (Å²) in [6.45, 7) is 6.82. The van der Waals surface area contributed by atoms with Crippen LogP contribution in [0.1, 0.15) is 38.7 Å². The summed E-state index contributed by atoms with van der Waals surface area (Å²) in [7, 11) is 0. The topological polar surface area (TPSA) is 64.3 Å². The lowest BCUT2D eigenvalue weighted by molar-refractivity contribution is -0.124. The van der Waals surface area contributed by atoms with Gasteiger partial charge in [-0.2, -0.15) is 0 Å². The lowest BCUT2D eigenvalue weighted by atomic mass is 9.94. The van der Waals surface area contributed by atoms with Crippen LogP contribution in [0.3, 0.4) is 0 Å². The number of rotatable bonds is 9. The zero-order valence-electron chi connectivity index (χ0n) is 13.0. The van der Waals surface area contributed by atoms with Crippen molar-refractivity contribution >= 4 is 5.91 Å². The molecule has 0 aromatic heterocycles. The zero-order valence-corrected chi connectivity index (χ0v) is 13.0. The fourth-order valence-corrected chi connectivity index (χ4v) is 2.23. The normalized spacial score (nSPS) is 13.7. The Morgan fingerprint density at radius 2 is 2.14 bits per heavy atom. The van der Waals surface area contributed by atoms with E-state index in [9.17, 15) is 9.18 Å². The molecular formula is C16H25FN2O2. The summed E-state index contributed by atoms with van der Waals surface area (Å²) in [5.74, 6) is 0.100. The lowest BCUT2D eigenvalue weighted by Gasteiger charge is -2.26. The second-order valence-corrected chi connectivity index (χ2v) is 5.44. The van der Waals surface area contributed by atoms with Gasteiger partial charge in [-0.1, -0.05) is 6.92 Å². The highest BCUT2D eigenvalue weighted by Crippen LogP contribution is 2.19. The van der Waals surface area contributed by atoms with Crippen LogP contribution in [0.2, 0.25) is 0 Å². The molecule has 0 fully saturated rings. The van der Waals surface area contributed by atoms with E-state index >= 15 is 0 Å². The molecule has 0 aliphatic carbocycles. The maximum atomic E-state index is 13.0. The van der Waals surface area contributed by atoms with Crippen LogP contribution in [-0.2, 0) is 4.79 Å². The van der Waals surface area contributed by atoms with Crippen LogP contribution in [0.25, 0.3) is 0 Å². The maximum absolute atomic E-state index is 13.0. The van der Waals surface area contributed by atoms with E-state index in [1.54, 1.807) is 6.07 Å². The minimum Gasteiger partial charge on any atom is -0.493 e. The van der Waals surface area contributed by atoms with E-state index < -0.39 is 5.54 Å². The van der Waals surface area contributed by atoms with E-state index in [0.717, 1.165) is 18.4 Å². The molecule has 0 aliphatic heterocycles. The van der Waals surface area contributed by atoms with Crippen LogP contribution in [0.4, 0.5) is 4.39 Å². The molecule has 0 radical (unpaired) electrons. The van der Waals surface area contributed by atoms with Crippen molar-refractivity contribution in [3.05, 3.63) is 29.6 Å². The van der Waals surface area contributed by atoms with Crippen LogP contribution in [-0.4, -0.2) is 24.6 Å². The molecular weight excluding hydrogens is 271 g/mol. The molecule has 0 bridgehead atoms. The summed E-state index contributed by atoms with van der Waals surface area (Å²) >= 11 is 0. The summed E-state index contributed by atoms with van der Waals surface area (Å²) in [6.07, 6.45) is 2.31. The van der Waals surface area contributed by atoms with Gasteiger partial charge >= 0.3 is 0 Å². The molecule has 118 valence electrons. The maximum Gasteiger partial charge on any atom is 0.237 e. The molecule has 5 heteroatoms. The number of likely N-dealkylation sites (N-methyl/N-ethyl adjacent to an activating group) is 1. The molecule has 1 aromatic rings. The highest BCUT2D eigenvalue weighted by atomic mass is 19.1. The summed E-state index contributed by atoms with van der Waals surface area (Å²) in [6, 6.07) is 4.47. The Labute approximate surface area is 125 Å². The molecule has 1 rings (SSSR count). The van der Waals surface area contributed by atoms with Gasteiger partial charge in [0.1, 0.15) is 11.6 Å². The van der Waals surface area contributed by atoms with E-state index in [-0.39, 0.29) is 11.7 Å². The van der Waals surface area contributed by atoms with Crippen molar-refractivity contribution in [1.29, 1.82) is 0 Å². The minimum absolute atomic E-state index is 0.261. The van der Waals surface area contributed by atoms with Crippen molar-refractivity contribution in [2.45, 2.75) is 45.6 Å². The van der Waals surface area contributed by atoms with Crippen molar-refractivity contribution in [3.63, 3.8) is 0 Å². The van der Waals surface area contributed by atoms with Gasteiger partial charge in [-0.05, 0) is 63.4 Å². The highest BCUT2D eigenvalue weighted by Gasteiger charge is 2.28. The Balaban J connectivity index is 2.35. The SMILES string of the molecule is CCNC(C)(CCCCOc1ccc(F)cc1C)C(N)=O. The van der Waals surface area contributed by atoms with E-state index in [1.807, 2.05) is 20.8 Å². The molecule has 1 unspecified atom stereocenters. The summed E-state index contributed by atoms with van der Waals surface area (Å²) < 4.78 is 18.6. The third-order valence-electron chi connectivity index (χ3n) is 3.58. The molecule has 1 amide bonds. The standard InChI is InChI=1S/C16H25FN2O2/c1-4-19-16(3,15(18)20)9-5-6-10-21-14-8-7-13(17)11-12(14)2/h7-8,11,19H,4-6,9-10H2,1-3H3,(H2,18,20). The van der Waals surface area contributed by atoms with Crippen LogP contribution in [0.5, 0.6) is 5.75 Å². The van der Waals surface area contributed by atoms with E-state index in [4.69, 9.17) is 10.5 Å². The number of carbonyl (C=O) groups is 1. The average molecular weight is 296 g/mol. The number of carbonyl (C=O) groups excluding carboxylic acids is 1. The van der Waals surface area contributed by atoms with Gasteiger partial charge in [0, 0.05) is 0 Å². The van der Waals surface area contributed by atoms with Crippen LogP contribution >= 0.6 is 0 Å². The number of aryl methyl sites for hydroxylation is 1. The third kappa shape index (κ3) is 5.34. The molecule has 0 saturated carbocycles. The number of hydrogen-bond acceptors (Lipinski definition) is 3. The van der Waals surface area contributed by atoms with Crippen LogP contribution in [0, 0.1) is 12.7 Å². The molecule has 0 spiro atoms. The molecule has 21 heavy (non-hydrogen) atoms. The summed E-state index contributed by atoms with van der Waals surface area (Å²) in [5, 5.41) is 3.13. The Bertz CT molecular complexity index is 479. The minimum atomic E-state index is -0.666. The first-order valence-corrected chi connectivity index (χ1v) is 7.33. The van der Waals surface area contributed by atoms with Crippen molar-refractivity contribution in [1.82, 2.24) is 5.32 Å². The molecule has 1 aromatic carbocycles. The summed E-state index contributed by atoms with van der Waals surface area (Å²) in [4.78, 5) is 11.5. The number of nitrogens with one attached hydrogen (secondary N) is 1. The predicted octanol–water partition coefficient (Wildman–Crippen LogP) is 2.54. The summed E-state index contributed by atoms with van der Waals surface area (Å²) in [5.41, 5.74) is 5.54. The van der Waals surface area contributed by atoms with Gasteiger partial charge in [0.15, 0.2) is 0 Å². The second-order valence-electron chi connectivity index (χ2n) is 5.44. The number of benzene rings is 1. The molecule has 4 nitrogen and oxygen atoms in total. The van der Waals surface area contributed by atoms with Crippen molar-refractivity contribution in [3.8, 4) is 5.75 Å².